The van der Waals surface area contributed by atoms with E-state index in [0.29, 0.717) is 0 Å². The van der Waals surface area contributed by atoms with Gasteiger partial charge in [-0.3, -0.25) is 4.79 Å². The number of carbonyl (C=O) groups excluding carboxylic acids is 1. The molecule has 3 atom stereocenters. The van der Waals surface area contributed by atoms with E-state index in [1.165, 1.54) is 0 Å². The SMILES string of the molecule is C[C@@H]1C(Cc2ccccc2)C(=O)O[C@H]1c1ccco1. The maximum absolute atomic E-state index is 12.0. The van der Waals surface area contributed by atoms with Crippen LogP contribution in [-0.2, 0) is 16.0 Å². The van der Waals surface area contributed by atoms with Gasteiger partial charge in [-0.15, -0.1) is 0 Å². The van der Waals surface area contributed by atoms with Crippen LogP contribution in [0.4, 0.5) is 0 Å². The van der Waals surface area contributed by atoms with Crippen LogP contribution in [0.5, 0.6) is 0 Å². The molecule has 1 aromatic heterocycles. The van der Waals surface area contributed by atoms with Crippen LogP contribution < -0.4 is 0 Å². The number of furan rings is 1. The van der Waals surface area contributed by atoms with Crippen molar-refractivity contribution in [3.05, 3.63) is 60.1 Å². The fraction of sp³-hybridized carbons (Fsp3) is 0.312. The summed E-state index contributed by atoms with van der Waals surface area (Å²) in [6.45, 7) is 2.05. The Morgan fingerprint density at radius 3 is 2.58 bits per heavy atom. The zero-order chi connectivity index (χ0) is 13.2. The highest BCUT2D eigenvalue weighted by Gasteiger charge is 2.43. The first-order valence-electron chi connectivity index (χ1n) is 6.53. The van der Waals surface area contributed by atoms with Crippen LogP contribution in [0.25, 0.3) is 0 Å². The van der Waals surface area contributed by atoms with E-state index in [9.17, 15) is 4.79 Å². The molecule has 2 aromatic rings. The Morgan fingerprint density at radius 1 is 1.11 bits per heavy atom. The fourth-order valence-corrected chi connectivity index (χ4v) is 2.65. The molecular formula is C16H16O3. The van der Waals surface area contributed by atoms with Crippen LogP contribution >= 0.6 is 0 Å². The molecule has 98 valence electrons. The quantitative estimate of drug-likeness (QED) is 0.790. The van der Waals surface area contributed by atoms with Crippen molar-refractivity contribution >= 4 is 5.97 Å². The van der Waals surface area contributed by atoms with Crippen molar-refractivity contribution < 1.29 is 13.9 Å². The van der Waals surface area contributed by atoms with E-state index in [-0.39, 0.29) is 23.9 Å². The lowest BCUT2D eigenvalue weighted by Crippen LogP contribution is -2.17. The molecule has 1 aromatic carbocycles. The van der Waals surface area contributed by atoms with E-state index < -0.39 is 0 Å². The summed E-state index contributed by atoms with van der Waals surface area (Å²) in [6.07, 6.45) is 2.08. The van der Waals surface area contributed by atoms with Crippen molar-refractivity contribution in [1.29, 1.82) is 0 Å². The zero-order valence-electron chi connectivity index (χ0n) is 10.8. The zero-order valence-corrected chi connectivity index (χ0v) is 10.8. The number of benzene rings is 1. The van der Waals surface area contributed by atoms with Gasteiger partial charge in [0.15, 0.2) is 6.10 Å². The molecule has 1 aliphatic rings. The number of ether oxygens (including phenoxy) is 1. The molecule has 3 nitrogen and oxygen atoms in total. The molecular weight excluding hydrogens is 240 g/mol. The van der Waals surface area contributed by atoms with Gasteiger partial charge in [0.2, 0.25) is 0 Å². The summed E-state index contributed by atoms with van der Waals surface area (Å²) < 4.78 is 10.8. The molecule has 1 saturated heterocycles. The van der Waals surface area contributed by atoms with Gasteiger partial charge in [0.25, 0.3) is 0 Å². The van der Waals surface area contributed by atoms with Gasteiger partial charge in [-0.25, -0.2) is 0 Å². The summed E-state index contributed by atoms with van der Waals surface area (Å²) in [4.78, 5) is 12.0. The minimum atomic E-state index is -0.254. The number of hydrogen-bond acceptors (Lipinski definition) is 3. The highest BCUT2D eigenvalue weighted by molar-refractivity contribution is 5.75. The number of cyclic esters (lactones) is 1. The standard InChI is InChI=1S/C16H16O3/c1-11-13(10-12-6-3-2-4-7-12)16(17)19-15(11)14-8-5-9-18-14/h2-9,11,13,15H,10H2,1H3/t11-,13?,15-/m1/s1. The Labute approximate surface area is 112 Å². The van der Waals surface area contributed by atoms with Crippen LogP contribution in [0.2, 0.25) is 0 Å². The first kappa shape index (κ1) is 12.0. The molecule has 3 heteroatoms. The molecule has 0 saturated carbocycles. The maximum Gasteiger partial charge on any atom is 0.310 e. The minimum Gasteiger partial charge on any atom is -0.465 e. The molecule has 3 rings (SSSR count). The molecule has 0 bridgehead atoms. The maximum atomic E-state index is 12.0. The average molecular weight is 256 g/mol. The summed E-state index contributed by atoms with van der Waals surface area (Å²) in [7, 11) is 0. The van der Waals surface area contributed by atoms with Crippen molar-refractivity contribution in [1.82, 2.24) is 0 Å². The molecule has 0 aliphatic carbocycles. The highest BCUT2D eigenvalue weighted by Crippen LogP contribution is 2.40. The van der Waals surface area contributed by atoms with E-state index >= 15 is 0 Å². The second-order valence-corrected chi connectivity index (χ2v) is 5.03. The first-order chi connectivity index (χ1) is 9.25. The highest BCUT2D eigenvalue weighted by atomic mass is 16.6. The normalized spacial score (nSPS) is 26.4. The number of rotatable bonds is 3. The van der Waals surface area contributed by atoms with Crippen molar-refractivity contribution in [3.8, 4) is 0 Å². The van der Waals surface area contributed by atoms with Crippen molar-refractivity contribution in [3.63, 3.8) is 0 Å². The van der Waals surface area contributed by atoms with E-state index in [0.717, 1.165) is 17.7 Å². The van der Waals surface area contributed by atoms with Crippen LogP contribution in [0.1, 0.15) is 24.4 Å². The molecule has 2 heterocycles. The molecule has 0 spiro atoms. The lowest BCUT2D eigenvalue weighted by Gasteiger charge is -2.14. The van der Waals surface area contributed by atoms with Crippen LogP contribution in [-0.4, -0.2) is 5.97 Å². The van der Waals surface area contributed by atoms with E-state index in [4.69, 9.17) is 9.15 Å². The van der Waals surface area contributed by atoms with E-state index in [2.05, 4.69) is 0 Å². The molecule has 1 fully saturated rings. The third kappa shape index (κ3) is 2.28. The molecule has 0 radical (unpaired) electrons. The van der Waals surface area contributed by atoms with E-state index in [1.54, 1.807) is 6.26 Å². The lowest BCUT2D eigenvalue weighted by molar-refractivity contribution is -0.145. The molecule has 0 N–H and O–H groups in total. The number of carbonyl (C=O) groups is 1. The average Bonchev–Trinajstić information content (AvgIpc) is 3.03. The van der Waals surface area contributed by atoms with Crippen LogP contribution in [0.3, 0.4) is 0 Å². The lowest BCUT2D eigenvalue weighted by atomic mass is 9.86. The van der Waals surface area contributed by atoms with Crippen molar-refractivity contribution in [2.45, 2.75) is 19.4 Å². The molecule has 1 unspecified atom stereocenters. The Bertz CT molecular complexity index is 545. The summed E-state index contributed by atoms with van der Waals surface area (Å²) in [5, 5.41) is 0. The van der Waals surface area contributed by atoms with Gasteiger partial charge in [0.1, 0.15) is 5.76 Å². The van der Waals surface area contributed by atoms with E-state index in [1.807, 2.05) is 49.4 Å². The van der Waals surface area contributed by atoms with Gasteiger partial charge in [0.05, 0.1) is 12.2 Å². The second kappa shape index (κ2) is 4.92. The third-order valence-electron chi connectivity index (χ3n) is 3.78. The smallest absolute Gasteiger partial charge is 0.310 e. The Morgan fingerprint density at radius 2 is 1.89 bits per heavy atom. The predicted molar refractivity (Wildman–Crippen MR) is 70.3 cm³/mol. The predicted octanol–water partition coefficient (Wildman–Crippen LogP) is 3.37. The van der Waals surface area contributed by atoms with Gasteiger partial charge in [-0.05, 0) is 24.1 Å². The molecule has 1 aliphatic heterocycles. The Kier molecular flexibility index (Phi) is 3.11. The summed E-state index contributed by atoms with van der Waals surface area (Å²) in [5.74, 6) is 0.630. The first-order valence-corrected chi connectivity index (χ1v) is 6.53. The van der Waals surface area contributed by atoms with Gasteiger partial charge >= 0.3 is 5.97 Å². The summed E-state index contributed by atoms with van der Waals surface area (Å²) in [5.41, 5.74) is 1.16. The van der Waals surface area contributed by atoms with Crippen LogP contribution in [0, 0.1) is 11.8 Å². The third-order valence-corrected chi connectivity index (χ3v) is 3.78. The fourth-order valence-electron chi connectivity index (χ4n) is 2.65. The van der Waals surface area contributed by atoms with Gasteiger partial charge in [0, 0.05) is 5.92 Å². The number of hydrogen-bond donors (Lipinski definition) is 0. The van der Waals surface area contributed by atoms with Gasteiger partial charge in [-0.1, -0.05) is 37.3 Å². The topological polar surface area (TPSA) is 39.4 Å². The van der Waals surface area contributed by atoms with Crippen LogP contribution in [0.15, 0.2) is 53.1 Å². The van der Waals surface area contributed by atoms with Crippen molar-refractivity contribution in [2.75, 3.05) is 0 Å². The van der Waals surface area contributed by atoms with Gasteiger partial charge in [-0.2, -0.15) is 0 Å². The summed E-state index contributed by atoms with van der Waals surface area (Å²) in [6, 6.07) is 13.7. The minimum absolute atomic E-state index is 0.0995. The number of esters is 1. The monoisotopic (exact) mass is 256 g/mol. The van der Waals surface area contributed by atoms with Crippen molar-refractivity contribution in [2.24, 2.45) is 11.8 Å². The second-order valence-electron chi connectivity index (χ2n) is 5.03. The molecule has 19 heavy (non-hydrogen) atoms. The summed E-state index contributed by atoms with van der Waals surface area (Å²) >= 11 is 0. The Hall–Kier alpha value is -2.03. The molecule has 0 amide bonds. The Balaban J connectivity index is 1.78. The van der Waals surface area contributed by atoms with Gasteiger partial charge < -0.3 is 9.15 Å². The largest absolute Gasteiger partial charge is 0.465 e.